The predicted molar refractivity (Wildman–Crippen MR) is 84.0 cm³/mol. The van der Waals surface area contributed by atoms with E-state index in [9.17, 15) is 9.90 Å². The van der Waals surface area contributed by atoms with Crippen molar-refractivity contribution < 1.29 is 9.90 Å². The lowest BCUT2D eigenvalue weighted by Crippen LogP contribution is -2.43. The fraction of sp³-hybridized carbons (Fsp3) is 0.562. The number of hydrogen-bond acceptors (Lipinski definition) is 3. The van der Waals surface area contributed by atoms with E-state index in [0.717, 1.165) is 37.4 Å². The highest BCUT2D eigenvalue weighted by atomic mass is 35.5. The lowest BCUT2D eigenvalue weighted by molar-refractivity contribution is -0.129. The highest BCUT2D eigenvalue weighted by Crippen LogP contribution is 2.30. The van der Waals surface area contributed by atoms with Gasteiger partial charge in [-0.05, 0) is 56.0 Å². The number of halogens is 1. The fourth-order valence-corrected chi connectivity index (χ4v) is 3.29. The number of amides is 1. The normalized spacial score (nSPS) is 20.1. The van der Waals surface area contributed by atoms with Crippen LogP contribution in [0.5, 0.6) is 0 Å². The molecule has 116 valence electrons. The third kappa shape index (κ3) is 3.96. The molecule has 21 heavy (non-hydrogen) atoms. The van der Waals surface area contributed by atoms with Crippen molar-refractivity contribution in [2.75, 3.05) is 13.1 Å². The van der Waals surface area contributed by atoms with Crippen molar-refractivity contribution in [2.45, 2.75) is 38.3 Å². The summed E-state index contributed by atoms with van der Waals surface area (Å²) in [6.07, 6.45) is 1.61. The van der Waals surface area contributed by atoms with Crippen molar-refractivity contribution in [2.24, 2.45) is 11.7 Å². The van der Waals surface area contributed by atoms with Crippen molar-refractivity contribution in [3.8, 4) is 0 Å². The van der Waals surface area contributed by atoms with E-state index in [2.05, 4.69) is 24.0 Å². The molecule has 0 bridgehead atoms. The Balaban J connectivity index is 1.99. The topological polar surface area (TPSA) is 66.6 Å². The molecule has 1 heterocycles. The standard InChI is InChI=1S/C16H23ClN2O2/c1-2-14(11-3-5-13(17)6-4-11)19-9-7-12(8-10-19)15(20)16(18)21/h3-6,12,14-15,20H,2,7-10H2,1H3,(H2,18,21)/t14-,15+/m1/s1. The van der Waals surface area contributed by atoms with Gasteiger partial charge in [0.25, 0.3) is 0 Å². The summed E-state index contributed by atoms with van der Waals surface area (Å²) in [6.45, 7) is 3.91. The van der Waals surface area contributed by atoms with Gasteiger partial charge in [-0.2, -0.15) is 0 Å². The Bertz CT molecular complexity index is 470. The number of aliphatic hydroxyl groups excluding tert-OH is 1. The molecule has 0 spiro atoms. The second-order valence-corrected chi connectivity index (χ2v) is 6.13. The van der Waals surface area contributed by atoms with Crippen LogP contribution in [-0.2, 0) is 4.79 Å². The lowest BCUT2D eigenvalue weighted by atomic mass is 9.89. The molecule has 2 atom stereocenters. The first-order chi connectivity index (χ1) is 10.0. The number of primary amides is 1. The molecular weight excluding hydrogens is 288 g/mol. The Kier molecular flexibility index (Phi) is 5.62. The van der Waals surface area contributed by atoms with Crippen molar-refractivity contribution in [1.29, 1.82) is 0 Å². The largest absolute Gasteiger partial charge is 0.383 e. The summed E-state index contributed by atoms with van der Waals surface area (Å²) >= 11 is 5.94. The van der Waals surface area contributed by atoms with Crippen LogP contribution in [0.15, 0.2) is 24.3 Å². The first-order valence-corrected chi connectivity index (χ1v) is 7.87. The molecule has 0 saturated carbocycles. The van der Waals surface area contributed by atoms with E-state index in [1.165, 1.54) is 5.56 Å². The van der Waals surface area contributed by atoms with Crippen molar-refractivity contribution in [3.05, 3.63) is 34.9 Å². The minimum absolute atomic E-state index is 0.0125. The van der Waals surface area contributed by atoms with Crippen LogP contribution >= 0.6 is 11.6 Å². The summed E-state index contributed by atoms with van der Waals surface area (Å²) in [5, 5.41) is 10.5. The quantitative estimate of drug-likeness (QED) is 0.877. The highest BCUT2D eigenvalue weighted by Gasteiger charge is 2.30. The Labute approximate surface area is 130 Å². The summed E-state index contributed by atoms with van der Waals surface area (Å²) in [6, 6.07) is 8.34. The SMILES string of the molecule is CC[C@H](c1ccc(Cl)cc1)N1CCC([C@H](O)C(N)=O)CC1. The second kappa shape index (κ2) is 7.25. The number of hydrogen-bond donors (Lipinski definition) is 2. The number of carbonyl (C=O) groups is 1. The third-order valence-electron chi connectivity index (χ3n) is 4.39. The molecule has 1 fully saturated rings. The van der Waals surface area contributed by atoms with Crippen LogP contribution in [0.2, 0.25) is 5.02 Å². The molecule has 0 aliphatic carbocycles. The fourth-order valence-electron chi connectivity index (χ4n) is 3.17. The van der Waals surface area contributed by atoms with Gasteiger partial charge in [0.2, 0.25) is 5.91 Å². The number of likely N-dealkylation sites (tertiary alicyclic amines) is 1. The van der Waals surface area contributed by atoms with Gasteiger partial charge >= 0.3 is 0 Å². The zero-order chi connectivity index (χ0) is 15.4. The van der Waals surface area contributed by atoms with Gasteiger partial charge in [0, 0.05) is 11.1 Å². The van der Waals surface area contributed by atoms with Gasteiger partial charge in [-0.3, -0.25) is 9.69 Å². The summed E-state index contributed by atoms with van der Waals surface area (Å²) in [5.74, 6) is -0.625. The molecule has 3 N–H and O–H groups in total. The number of piperidine rings is 1. The van der Waals surface area contributed by atoms with E-state index in [1.54, 1.807) is 0 Å². The van der Waals surface area contributed by atoms with Crippen molar-refractivity contribution in [1.82, 2.24) is 4.90 Å². The van der Waals surface area contributed by atoms with Gasteiger partial charge in [0.1, 0.15) is 6.10 Å². The molecule has 1 amide bonds. The molecule has 0 unspecified atom stereocenters. The minimum atomic E-state index is -1.01. The first-order valence-electron chi connectivity index (χ1n) is 7.49. The Morgan fingerprint density at radius 3 is 2.43 bits per heavy atom. The van der Waals surface area contributed by atoms with E-state index < -0.39 is 12.0 Å². The molecule has 4 nitrogen and oxygen atoms in total. The number of nitrogens with zero attached hydrogens (tertiary/aromatic N) is 1. The van der Waals surface area contributed by atoms with Crippen LogP contribution < -0.4 is 5.73 Å². The van der Waals surface area contributed by atoms with Gasteiger partial charge in [-0.1, -0.05) is 30.7 Å². The number of nitrogens with two attached hydrogens (primary N) is 1. The highest BCUT2D eigenvalue weighted by molar-refractivity contribution is 6.30. The average Bonchev–Trinajstić information content (AvgIpc) is 2.50. The van der Waals surface area contributed by atoms with Gasteiger partial charge in [0.05, 0.1) is 0 Å². The summed E-state index contributed by atoms with van der Waals surface area (Å²) < 4.78 is 0. The van der Waals surface area contributed by atoms with Crippen LogP contribution in [0, 0.1) is 5.92 Å². The minimum Gasteiger partial charge on any atom is -0.383 e. The van der Waals surface area contributed by atoms with E-state index in [0.29, 0.717) is 6.04 Å². The smallest absolute Gasteiger partial charge is 0.246 e. The monoisotopic (exact) mass is 310 g/mol. The van der Waals surface area contributed by atoms with Crippen molar-refractivity contribution in [3.63, 3.8) is 0 Å². The third-order valence-corrected chi connectivity index (χ3v) is 4.65. The van der Waals surface area contributed by atoms with Crippen LogP contribution in [0.1, 0.15) is 37.8 Å². The molecule has 0 radical (unpaired) electrons. The second-order valence-electron chi connectivity index (χ2n) is 5.70. The molecule has 1 aromatic rings. The molecule has 1 saturated heterocycles. The number of carbonyl (C=O) groups excluding carboxylic acids is 1. The van der Waals surface area contributed by atoms with E-state index >= 15 is 0 Å². The molecule has 2 rings (SSSR count). The summed E-state index contributed by atoms with van der Waals surface area (Å²) in [7, 11) is 0. The van der Waals surface area contributed by atoms with Crippen molar-refractivity contribution >= 4 is 17.5 Å². The Hall–Kier alpha value is -1.10. The zero-order valence-corrected chi connectivity index (χ0v) is 13.1. The molecule has 1 aliphatic heterocycles. The van der Waals surface area contributed by atoms with E-state index in [1.807, 2.05) is 12.1 Å². The maximum absolute atomic E-state index is 11.1. The molecule has 1 aromatic carbocycles. The molecular formula is C16H23ClN2O2. The van der Waals surface area contributed by atoms with Crippen LogP contribution in [0.4, 0.5) is 0 Å². The van der Waals surface area contributed by atoms with Gasteiger partial charge in [0.15, 0.2) is 0 Å². The Morgan fingerprint density at radius 2 is 1.95 bits per heavy atom. The molecule has 0 aromatic heterocycles. The number of aliphatic hydroxyl groups is 1. The van der Waals surface area contributed by atoms with Gasteiger partial charge in [-0.15, -0.1) is 0 Å². The molecule has 5 heteroatoms. The zero-order valence-electron chi connectivity index (χ0n) is 12.3. The van der Waals surface area contributed by atoms with Crippen LogP contribution in [-0.4, -0.2) is 35.1 Å². The van der Waals surface area contributed by atoms with E-state index in [4.69, 9.17) is 17.3 Å². The van der Waals surface area contributed by atoms with Crippen LogP contribution in [0.25, 0.3) is 0 Å². The maximum atomic E-state index is 11.1. The average molecular weight is 311 g/mol. The number of rotatable bonds is 5. The summed E-state index contributed by atoms with van der Waals surface area (Å²) in [4.78, 5) is 13.5. The summed E-state index contributed by atoms with van der Waals surface area (Å²) in [5.41, 5.74) is 6.44. The molecule has 1 aliphatic rings. The van der Waals surface area contributed by atoms with Crippen LogP contribution in [0.3, 0.4) is 0 Å². The van der Waals surface area contributed by atoms with Gasteiger partial charge in [-0.25, -0.2) is 0 Å². The van der Waals surface area contributed by atoms with E-state index in [-0.39, 0.29) is 5.92 Å². The predicted octanol–water partition coefficient (Wildman–Crippen LogP) is 2.35. The lowest BCUT2D eigenvalue weighted by Gasteiger charge is -2.38. The van der Waals surface area contributed by atoms with Gasteiger partial charge < -0.3 is 10.8 Å². The Morgan fingerprint density at radius 1 is 1.38 bits per heavy atom. The maximum Gasteiger partial charge on any atom is 0.246 e. The number of benzene rings is 1. The first kappa shape index (κ1) is 16.3.